The third kappa shape index (κ3) is 17.5. The SMILES string of the molecule is C=CCCC[C@H](Cc1ccccc1)C(=O)OC[C@H](CCCCNC(=O)OCc1ccccc1)NC(=O)[C@H](CC=C)CC(=O)N[C@H](CO)Cc1ccccc1. The van der Waals surface area contributed by atoms with Crippen molar-refractivity contribution in [2.24, 2.45) is 11.8 Å². The van der Waals surface area contributed by atoms with Crippen LogP contribution in [0.25, 0.3) is 0 Å². The molecule has 0 heterocycles. The summed E-state index contributed by atoms with van der Waals surface area (Å²) in [6, 6.07) is 27.7. The molecule has 4 atom stereocenters. The highest BCUT2D eigenvalue weighted by atomic mass is 16.5. The fraction of sp³-hybridized carbons (Fsp3) is 0.409. The molecule has 0 radical (unpaired) electrons. The summed E-state index contributed by atoms with van der Waals surface area (Å²) in [5.41, 5.74) is 2.90. The maximum Gasteiger partial charge on any atom is 0.407 e. The van der Waals surface area contributed by atoms with E-state index in [1.165, 1.54) is 0 Å². The van der Waals surface area contributed by atoms with E-state index in [9.17, 15) is 24.3 Å². The number of nitrogens with one attached hydrogen (secondary N) is 3. The Bertz CT molecular complexity index is 1550. The largest absolute Gasteiger partial charge is 0.463 e. The van der Waals surface area contributed by atoms with Crippen LogP contribution in [0.4, 0.5) is 4.79 Å². The molecule has 0 fully saturated rings. The first-order chi connectivity index (χ1) is 26.3. The number of rotatable bonds is 26. The Balaban J connectivity index is 1.61. The summed E-state index contributed by atoms with van der Waals surface area (Å²) in [4.78, 5) is 52.5. The fourth-order valence-corrected chi connectivity index (χ4v) is 6.06. The smallest absolute Gasteiger partial charge is 0.407 e. The highest BCUT2D eigenvalue weighted by Crippen LogP contribution is 2.19. The van der Waals surface area contributed by atoms with E-state index >= 15 is 0 Å². The summed E-state index contributed by atoms with van der Waals surface area (Å²) in [6.07, 6.45) is 7.95. The first-order valence-electron chi connectivity index (χ1n) is 18.9. The van der Waals surface area contributed by atoms with Crippen LogP contribution >= 0.6 is 0 Å². The van der Waals surface area contributed by atoms with Crippen molar-refractivity contribution in [3.05, 3.63) is 133 Å². The molecule has 290 valence electrons. The molecule has 0 aliphatic heterocycles. The molecule has 3 aromatic rings. The van der Waals surface area contributed by atoms with Crippen molar-refractivity contribution in [3.63, 3.8) is 0 Å². The Hall–Kier alpha value is -5.22. The first kappa shape index (κ1) is 43.2. The van der Waals surface area contributed by atoms with Gasteiger partial charge in [0.25, 0.3) is 0 Å². The lowest BCUT2D eigenvalue weighted by Crippen LogP contribution is -2.45. The molecule has 54 heavy (non-hydrogen) atoms. The van der Waals surface area contributed by atoms with E-state index in [4.69, 9.17) is 9.47 Å². The summed E-state index contributed by atoms with van der Waals surface area (Å²) in [5, 5.41) is 18.6. The van der Waals surface area contributed by atoms with Crippen LogP contribution in [0, 0.1) is 11.8 Å². The molecule has 0 bridgehead atoms. The molecule has 10 heteroatoms. The van der Waals surface area contributed by atoms with E-state index < -0.39 is 24.1 Å². The van der Waals surface area contributed by atoms with Gasteiger partial charge in [-0.05, 0) is 74.5 Å². The van der Waals surface area contributed by atoms with E-state index in [2.05, 4.69) is 29.1 Å². The third-order valence-electron chi connectivity index (χ3n) is 9.02. The van der Waals surface area contributed by atoms with Gasteiger partial charge in [0.2, 0.25) is 11.8 Å². The molecule has 3 amide bonds. The number of allylic oxidation sites excluding steroid dienone is 2. The van der Waals surface area contributed by atoms with Gasteiger partial charge in [-0.3, -0.25) is 14.4 Å². The molecular formula is C44H57N3O7. The van der Waals surface area contributed by atoms with Crippen LogP contribution in [-0.2, 0) is 43.3 Å². The van der Waals surface area contributed by atoms with Gasteiger partial charge in [-0.15, -0.1) is 13.2 Å². The van der Waals surface area contributed by atoms with Crippen LogP contribution < -0.4 is 16.0 Å². The van der Waals surface area contributed by atoms with Gasteiger partial charge < -0.3 is 30.5 Å². The van der Waals surface area contributed by atoms with Crippen molar-refractivity contribution < 1.29 is 33.8 Å². The molecule has 0 saturated heterocycles. The number of hydrogen-bond donors (Lipinski definition) is 4. The van der Waals surface area contributed by atoms with E-state index in [1.807, 2.05) is 97.1 Å². The summed E-state index contributed by atoms with van der Waals surface area (Å²) < 4.78 is 11.2. The monoisotopic (exact) mass is 739 g/mol. The molecule has 3 aromatic carbocycles. The van der Waals surface area contributed by atoms with E-state index in [-0.39, 0.29) is 56.4 Å². The van der Waals surface area contributed by atoms with Crippen LogP contribution in [0.3, 0.4) is 0 Å². The van der Waals surface area contributed by atoms with Gasteiger partial charge in [-0.25, -0.2) is 4.79 Å². The van der Waals surface area contributed by atoms with E-state index in [0.717, 1.165) is 29.5 Å². The zero-order valence-electron chi connectivity index (χ0n) is 31.3. The Labute approximate surface area is 320 Å². The summed E-state index contributed by atoms with van der Waals surface area (Å²) in [6.45, 7) is 7.84. The lowest BCUT2D eigenvalue weighted by atomic mass is 9.94. The lowest BCUT2D eigenvalue weighted by molar-refractivity contribution is -0.150. The van der Waals surface area contributed by atoms with Gasteiger partial charge in [0, 0.05) is 13.0 Å². The fourth-order valence-electron chi connectivity index (χ4n) is 6.06. The van der Waals surface area contributed by atoms with Gasteiger partial charge in [0.05, 0.1) is 30.5 Å². The number of carbonyl (C=O) groups excluding carboxylic acids is 4. The van der Waals surface area contributed by atoms with Crippen molar-refractivity contribution in [1.82, 2.24) is 16.0 Å². The Morgan fingerprint density at radius 3 is 1.93 bits per heavy atom. The zero-order chi connectivity index (χ0) is 38.8. The molecule has 0 aliphatic carbocycles. The van der Waals surface area contributed by atoms with Crippen molar-refractivity contribution in [2.75, 3.05) is 19.8 Å². The zero-order valence-corrected chi connectivity index (χ0v) is 31.3. The van der Waals surface area contributed by atoms with Crippen LogP contribution in [0.5, 0.6) is 0 Å². The molecule has 0 unspecified atom stereocenters. The predicted octanol–water partition coefficient (Wildman–Crippen LogP) is 6.63. The molecule has 0 saturated carbocycles. The number of aliphatic hydroxyl groups excluding tert-OH is 1. The molecular weight excluding hydrogens is 682 g/mol. The van der Waals surface area contributed by atoms with Gasteiger partial charge in [-0.1, -0.05) is 103 Å². The molecule has 0 spiro atoms. The van der Waals surface area contributed by atoms with Crippen LogP contribution in [0.15, 0.2) is 116 Å². The van der Waals surface area contributed by atoms with Crippen LogP contribution in [0.2, 0.25) is 0 Å². The second-order valence-corrected chi connectivity index (χ2v) is 13.5. The molecule has 4 N–H and O–H groups in total. The lowest BCUT2D eigenvalue weighted by Gasteiger charge is -2.24. The van der Waals surface area contributed by atoms with Gasteiger partial charge in [-0.2, -0.15) is 0 Å². The molecule has 0 aromatic heterocycles. The topological polar surface area (TPSA) is 143 Å². The Kier molecular flexibility index (Phi) is 20.6. The number of unbranched alkanes of at least 4 members (excludes halogenated alkanes) is 2. The summed E-state index contributed by atoms with van der Waals surface area (Å²) in [7, 11) is 0. The summed E-state index contributed by atoms with van der Waals surface area (Å²) >= 11 is 0. The minimum Gasteiger partial charge on any atom is -0.463 e. The van der Waals surface area contributed by atoms with Gasteiger partial charge in [0.1, 0.15) is 13.2 Å². The van der Waals surface area contributed by atoms with Crippen molar-refractivity contribution >= 4 is 23.9 Å². The molecule has 3 rings (SSSR count). The Morgan fingerprint density at radius 1 is 0.685 bits per heavy atom. The standard InChI is InChI=1S/C44H57N3O7/c1-3-5-9-25-38(28-34-19-10-6-11-20-34)43(51)53-33-39(26-16-17-27-45-44(52)54-32-36-23-14-8-15-24-36)47-42(50)37(18-4-2)30-41(49)46-40(31-48)29-35-21-12-7-13-22-35/h3-4,6-8,10-15,19-24,37-40,48H,1-2,5,9,16-18,25-33H2,(H,45,52)(H,46,49)(H,47,50)/t37-,38-,39+,40+/m1/s1. The number of alkyl carbamates (subject to hydrolysis) is 1. The van der Waals surface area contributed by atoms with Crippen molar-refractivity contribution in [1.29, 1.82) is 0 Å². The second-order valence-electron chi connectivity index (χ2n) is 13.5. The molecule has 10 nitrogen and oxygen atoms in total. The maximum atomic E-state index is 13.7. The summed E-state index contributed by atoms with van der Waals surface area (Å²) in [5.74, 6) is -2.13. The van der Waals surface area contributed by atoms with E-state index in [0.29, 0.717) is 45.1 Å². The van der Waals surface area contributed by atoms with Gasteiger partial charge >= 0.3 is 12.1 Å². The average molecular weight is 740 g/mol. The second kappa shape index (κ2) is 25.7. The maximum absolute atomic E-state index is 13.7. The van der Waals surface area contributed by atoms with Crippen molar-refractivity contribution in [2.45, 2.75) is 82.9 Å². The number of benzene rings is 3. The highest BCUT2D eigenvalue weighted by molar-refractivity contribution is 5.86. The quantitative estimate of drug-likeness (QED) is 0.0412. The number of ether oxygens (including phenoxy) is 2. The Morgan fingerprint density at radius 2 is 1.31 bits per heavy atom. The van der Waals surface area contributed by atoms with Crippen LogP contribution in [0.1, 0.15) is 68.1 Å². The average Bonchev–Trinajstić information content (AvgIpc) is 3.19. The minimum absolute atomic E-state index is 0.0411. The minimum atomic E-state index is -0.720. The van der Waals surface area contributed by atoms with Gasteiger partial charge in [0.15, 0.2) is 0 Å². The number of hydrogen-bond acceptors (Lipinski definition) is 7. The predicted molar refractivity (Wildman–Crippen MR) is 211 cm³/mol. The highest BCUT2D eigenvalue weighted by Gasteiger charge is 2.26. The number of carbonyl (C=O) groups is 4. The molecule has 0 aliphatic rings. The number of amides is 3. The first-order valence-corrected chi connectivity index (χ1v) is 18.9. The van der Waals surface area contributed by atoms with E-state index in [1.54, 1.807) is 6.08 Å². The van der Waals surface area contributed by atoms with Crippen molar-refractivity contribution in [3.8, 4) is 0 Å². The number of aliphatic hydroxyl groups is 1. The van der Waals surface area contributed by atoms with Crippen LogP contribution in [-0.4, -0.2) is 60.8 Å². The third-order valence-corrected chi connectivity index (χ3v) is 9.02. The normalized spacial score (nSPS) is 13.0. The number of esters is 1.